The van der Waals surface area contributed by atoms with Crippen LogP contribution in [0.4, 0.5) is 10.2 Å². The van der Waals surface area contributed by atoms with E-state index in [0.29, 0.717) is 16.8 Å². The van der Waals surface area contributed by atoms with Crippen molar-refractivity contribution in [3.05, 3.63) is 65.4 Å². The maximum atomic E-state index is 14.6. The van der Waals surface area contributed by atoms with Gasteiger partial charge in [-0.15, -0.1) is 5.10 Å². The number of carbonyl (C=O) groups is 2. The van der Waals surface area contributed by atoms with Gasteiger partial charge >= 0.3 is 5.97 Å². The Morgan fingerprint density at radius 3 is 2.73 bits per heavy atom. The van der Waals surface area contributed by atoms with E-state index in [2.05, 4.69) is 20.5 Å². The summed E-state index contributed by atoms with van der Waals surface area (Å²) in [5, 5.41) is 20.1. The number of amides is 1. The van der Waals surface area contributed by atoms with Gasteiger partial charge in [-0.2, -0.15) is 5.10 Å². The molecule has 1 aromatic carbocycles. The highest BCUT2D eigenvalue weighted by Crippen LogP contribution is 2.23. The molecular weight excluding hydrogens is 391 g/mol. The first-order valence-electron chi connectivity index (χ1n) is 9.02. The molecule has 10 heteroatoms. The summed E-state index contributed by atoms with van der Waals surface area (Å²) < 4.78 is 17.2. The fraction of sp³-hybridized carbons (Fsp3) is 0.150. The number of carbonyl (C=O) groups excluding carboxylic acids is 1. The van der Waals surface area contributed by atoms with E-state index in [4.69, 9.17) is 5.11 Å². The first-order chi connectivity index (χ1) is 14.3. The van der Waals surface area contributed by atoms with Gasteiger partial charge in [-0.25, -0.2) is 18.6 Å². The molecule has 0 unspecified atom stereocenters. The molecule has 0 aliphatic rings. The molecule has 30 heavy (non-hydrogen) atoms. The van der Waals surface area contributed by atoms with Gasteiger partial charge in [-0.05, 0) is 37.6 Å². The molecule has 3 heterocycles. The maximum absolute atomic E-state index is 14.6. The highest BCUT2D eigenvalue weighted by molar-refractivity contribution is 6.07. The average molecular weight is 408 g/mol. The minimum Gasteiger partial charge on any atom is -0.480 e. The molecule has 4 aromatic rings. The lowest BCUT2D eigenvalue weighted by molar-refractivity contribution is -0.137. The zero-order valence-corrected chi connectivity index (χ0v) is 16.1. The summed E-state index contributed by atoms with van der Waals surface area (Å²) in [5.41, 5.74) is 1.59. The lowest BCUT2D eigenvalue weighted by Gasteiger charge is -2.10. The number of benzene rings is 1. The van der Waals surface area contributed by atoms with Crippen molar-refractivity contribution in [2.45, 2.75) is 20.4 Å². The third-order valence-corrected chi connectivity index (χ3v) is 4.47. The zero-order valence-electron chi connectivity index (χ0n) is 16.1. The van der Waals surface area contributed by atoms with Gasteiger partial charge in [0, 0.05) is 12.3 Å². The Bertz CT molecular complexity index is 1290. The van der Waals surface area contributed by atoms with Crippen LogP contribution in [0.1, 0.15) is 21.7 Å². The zero-order chi connectivity index (χ0) is 21.4. The predicted octanol–water partition coefficient (Wildman–Crippen LogP) is 2.69. The Labute approximate surface area is 169 Å². The molecule has 0 saturated carbocycles. The molecule has 0 bridgehead atoms. The molecule has 3 aromatic heterocycles. The van der Waals surface area contributed by atoms with Gasteiger partial charge in [0.2, 0.25) is 0 Å². The van der Waals surface area contributed by atoms with E-state index in [1.807, 2.05) is 0 Å². The minimum absolute atomic E-state index is 0.0200. The van der Waals surface area contributed by atoms with Crippen molar-refractivity contribution < 1.29 is 19.1 Å². The Morgan fingerprint density at radius 2 is 1.97 bits per heavy atom. The van der Waals surface area contributed by atoms with Gasteiger partial charge in [0.15, 0.2) is 11.5 Å². The largest absolute Gasteiger partial charge is 0.480 e. The lowest BCUT2D eigenvalue weighted by atomic mass is 10.1. The number of aliphatic carboxylic acids is 1. The summed E-state index contributed by atoms with van der Waals surface area (Å²) in [7, 11) is 0. The van der Waals surface area contributed by atoms with E-state index in [9.17, 15) is 14.0 Å². The Kier molecular flexibility index (Phi) is 4.74. The van der Waals surface area contributed by atoms with Gasteiger partial charge in [0.05, 0.1) is 16.8 Å². The van der Waals surface area contributed by atoms with Gasteiger partial charge < -0.3 is 10.4 Å². The molecule has 152 valence electrons. The molecule has 0 spiro atoms. The molecule has 0 radical (unpaired) electrons. The molecule has 4 rings (SSSR count). The second kappa shape index (κ2) is 7.39. The Hall–Kier alpha value is -4.08. The van der Waals surface area contributed by atoms with Crippen LogP contribution in [0.25, 0.3) is 16.9 Å². The van der Waals surface area contributed by atoms with Crippen molar-refractivity contribution in [3.8, 4) is 11.4 Å². The highest BCUT2D eigenvalue weighted by Gasteiger charge is 2.20. The van der Waals surface area contributed by atoms with Crippen LogP contribution in [0.3, 0.4) is 0 Å². The van der Waals surface area contributed by atoms with Crippen molar-refractivity contribution in [2.75, 3.05) is 5.32 Å². The predicted molar refractivity (Wildman–Crippen MR) is 106 cm³/mol. The lowest BCUT2D eigenvalue weighted by Crippen LogP contribution is -2.20. The first kappa shape index (κ1) is 19.2. The fourth-order valence-electron chi connectivity index (χ4n) is 3.11. The molecule has 0 aliphatic carbocycles. The van der Waals surface area contributed by atoms with Crippen LogP contribution < -0.4 is 5.32 Å². The Balaban J connectivity index is 1.77. The number of aryl methyl sites for hydroxylation is 2. The van der Waals surface area contributed by atoms with Crippen molar-refractivity contribution in [1.29, 1.82) is 0 Å². The molecule has 0 aliphatic heterocycles. The van der Waals surface area contributed by atoms with Gasteiger partial charge in [0.1, 0.15) is 18.2 Å². The smallest absolute Gasteiger partial charge is 0.325 e. The van der Waals surface area contributed by atoms with Gasteiger partial charge in [-0.1, -0.05) is 12.1 Å². The molecule has 2 N–H and O–H groups in total. The second-order valence-corrected chi connectivity index (χ2v) is 6.73. The number of halogens is 1. The van der Waals surface area contributed by atoms with E-state index in [1.54, 1.807) is 56.4 Å². The van der Waals surface area contributed by atoms with Crippen LogP contribution in [-0.2, 0) is 11.3 Å². The molecule has 9 nitrogen and oxygen atoms in total. The second-order valence-electron chi connectivity index (χ2n) is 6.73. The van der Waals surface area contributed by atoms with Crippen LogP contribution in [0.2, 0.25) is 0 Å². The van der Waals surface area contributed by atoms with E-state index in [0.717, 1.165) is 0 Å². The summed E-state index contributed by atoms with van der Waals surface area (Å²) in [6.07, 6.45) is 1.63. The van der Waals surface area contributed by atoms with Gasteiger partial charge in [0.25, 0.3) is 5.91 Å². The summed E-state index contributed by atoms with van der Waals surface area (Å²) in [6, 6.07) is 9.76. The number of nitrogens with one attached hydrogen (secondary N) is 1. The number of anilines is 1. The van der Waals surface area contributed by atoms with Crippen LogP contribution in [0.15, 0.2) is 42.6 Å². The SMILES string of the molecule is Cc1cc(NC(=O)c2nc(-c3cccc(C)c3F)nn3cccc23)n(CC(=O)O)n1. The fourth-order valence-corrected chi connectivity index (χ4v) is 3.11. The Morgan fingerprint density at radius 1 is 1.17 bits per heavy atom. The summed E-state index contributed by atoms with van der Waals surface area (Å²) in [4.78, 5) is 28.4. The summed E-state index contributed by atoms with van der Waals surface area (Å²) in [5.74, 6) is -1.89. The quantitative estimate of drug-likeness (QED) is 0.525. The number of hydrogen-bond donors (Lipinski definition) is 2. The van der Waals surface area contributed by atoms with Crippen molar-refractivity contribution in [3.63, 3.8) is 0 Å². The monoisotopic (exact) mass is 408 g/mol. The number of carboxylic acids is 1. The maximum Gasteiger partial charge on any atom is 0.325 e. The standard InChI is InChI=1S/C20H17FN6O3/c1-11-5-3-6-13(17(11)21)19-23-18(14-7-4-8-26(14)25-19)20(30)22-15-9-12(2)24-27(15)10-16(28)29/h3-9H,10H2,1-2H3,(H,22,30)(H,28,29). The molecule has 0 fully saturated rings. The van der Waals surface area contributed by atoms with E-state index >= 15 is 0 Å². The number of nitrogens with zero attached hydrogens (tertiary/aromatic N) is 5. The van der Waals surface area contributed by atoms with Crippen LogP contribution in [0.5, 0.6) is 0 Å². The third kappa shape index (κ3) is 3.50. The van der Waals surface area contributed by atoms with E-state index in [1.165, 1.54) is 9.20 Å². The van der Waals surface area contributed by atoms with Crippen molar-refractivity contribution in [2.24, 2.45) is 0 Å². The van der Waals surface area contributed by atoms with Crippen molar-refractivity contribution >= 4 is 23.2 Å². The number of hydrogen-bond acceptors (Lipinski definition) is 5. The number of aromatic nitrogens is 5. The highest BCUT2D eigenvalue weighted by atomic mass is 19.1. The van der Waals surface area contributed by atoms with Crippen LogP contribution >= 0.6 is 0 Å². The van der Waals surface area contributed by atoms with E-state index < -0.39 is 24.2 Å². The number of fused-ring (bicyclic) bond motifs is 1. The molecular formula is C20H17FN6O3. The average Bonchev–Trinajstić information content (AvgIpc) is 3.29. The number of rotatable bonds is 5. The molecule has 1 amide bonds. The minimum atomic E-state index is -1.10. The van der Waals surface area contributed by atoms with Crippen LogP contribution in [-0.4, -0.2) is 41.4 Å². The van der Waals surface area contributed by atoms with Crippen LogP contribution in [0, 0.1) is 19.7 Å². The number of carboxylic acid groups (broad SMARTS) is 1. The molecule has 0 saturated heterocycles. The first-order valence-corrected chi connectivity index (χ1v) is 9.02. The van der Waals surface area contributed by atoms with Crippen molar-refractivity contribution in [1.82, 2.24) is 24.4 Å². The third-order valence-electron chi connectivity index (χ3n) is 4.47. The molecule has 0 atom stereocenters. The summed E-state index contributed by atoms with van der Waals surface area (Å²) in [6.45, 7) is 2.91. The van der Waals surface area contributed by atoms with E-state index in [-0.39, 0.29) is 22.9 Å². The summed E-state index contributed by atoms with van der Waals surface area (Å²) >= 11 is 0. The normalized spacial score (nSPS) is 11.0. The van der Waals surface area contributed by atoms with Gasteiger partial charge in [-0.3, -0.25) is 9.59 Å². The topological polar surface area (TPSA) is 114 Å².